The fourth-order valence-electron chi connectivity index (χ4n) is 4.22. The fourth-order valence-corrected chi connectivity index (χ4v) is 6.10. The summed E-state index contributed by atoms with van der Waals surface area (Å²) in [7, 11) is -3.16. The van der Waals surface area contributed by atoms with Gasteiger partial charge in [0.25, 0.3) is 5.91 Å². The van der Waals surface area contributed by atoms with Gasteiger partial charge in [0.15, 0.2) is 0 Å². The maximum Gasteiger partial charge on any atom is 0.327 e. The van der Waals surface area contributed by atoms with Crippen molar-refractivity contribution in [1.29, 1.82) is 0 Å². The Morgan fingerprint density at radius 3 is 2.26 bits per heavy atom. The average molecular weight is 341 g/mol. The molecule has 23 heavy (non-hydrogen) atoms. The number of amides is 3. The van der Waals surface area contributed by atoms with Crippen molar-refractivity contribution in [2.24, 2.45) is 0 Å². The van der Waals surface area contributed by atoms with Crippen molar-refractivity contribution in [2.45, 2.75) is 62.3 Å². The van der Waals surface area contributed by atoms with Crippen LogP contribution in [0.1, 0.15) is 45.4 Å². The summed E-state index contributed by atoms with van der Waals surface area (Å²) in [5.74, 6) is -0.0940. The largest absolute Gasteiger partial charge is 0.327 e. The lowest BCUT2D eigenvalue weighted by Crippen LogP contribution is -2.50. The third kappa shape index (κ3) is 2.14. The Morgan fingerprint density at radius 1 is 1.04 bits per heavy atom. The minimum atomic E-state index is -3.16. The highest BCUT2D eigenvalue weighted by Gasteiger charge is 2.58. The molecule has 0 radical (unpaired) electrons. The van der Waals surface area contributed by atoms with E-state index < -0.39 is 15.6 Å². The molecule has 4 aliphatic rings. The molecule has 0 N–H and O–H groups in total. The van der Waals surface area contributed by atoms with E-state index in [9.17, 15) is 18.0 Å². The minimum Gasteiger partial charge on any atom is -0.310 e. The van der Waals surface area contributed by atoms with E-state index in [4.69, 9.17) is 0 Å². The Bertz CT molecular complexity index is 652. The van der Waals surface area contributed by atoms with Crippen molar-refractivity contribution < 1.29 is 18.0 Å². The van der Waals surface area contributed by atoms with Gasteiger partial charge in [-0.2, -0.15) is 0 Å². The predicted molar refractivity (Wildman–Crippen MR) is 83.1 cm³/mol. The molecule has 0 aromatic rings. The number of fused-ring (bicyclic) bond motifs is 1. The van der Waals surface area contributed by atoms with Gasteiger partial charge in [0.05, 0.1) is 5.25 Å². The molecule has 3 aliphatic heterocycles. The zero-order valence-corrected chi connectivity index (χ0v) is 14.2. The molecule has 0 bridgehead atoms. The molecule has 0 spiro atoms. The van der Waals surface area contributed by atoms with Crippen molar-refractivity contribution in [3.63, 3.8) is 0 Å². The van der Waals surface area contributed by atoms with E-state index in [2.05, 4.69) is 0 Å². The van der Waals surface area contributed by atoms with Gasteiger partial charge in [-0.15, -0.1) is 0 Å². The molecular formula is C15H23N3O4S. The second-order valence-electron chi connectivity index (χ2n) is 7.36. The molecule has 4 fully saturated rings. The number of imide groups is 1. The molecule has 1 aliphatic carbocycles. The molecular weight excluding hydrogens is 318 g/mol. The van der Waals surface area contributed by atoms with Gasteiger partial charge in [-0.25, -0.2) is 17.5 Å². The van der Waals surface area contributed by atoms with Crippen LogP contribution >= 0.6 is 0 Å². The molecule has 128 valence electrons. The van der Waals surface area contributed by atoms with Crippen LogP contribution in [0.25, 0.3) is 0 Å². The number of carbonyl (C=O) groups is 2. The molecule has 8 heteroatoms. The zero-order valence-electron chi connectivity index (χ0n) is 13.4. The van der Waals surface area contributed by atoms with Gasteiger partial charge in [-0.05, 0) is 45.4 Å². The third-order valence-corrected chi connectivity index (χ3v) is 8.25. The van der Waals surface area contributed by atoms with Gasteiger partial charge < -0.3 is 4.90 Å². The van der Waals surface area contributed by atoms with E-state index in [1.165, 1.54) is 4.90 Å². The van der Waals surface area contributed by atoms with Gasteiger partial charge in [-0.3, -0.25) is 9.69 Å². The maximum atomic E-state index is 12.7. The smallest absolute Gasteiger partial charge is 0.310 e. The topological polar surface area (TPSA) is 78.0 Å². The standard InChI is InChI=1S/C15H23N3O4S/c1-15-7-2-8-17(15)14(20)18(13(15)19)11-5-9-16(10-6-11)23(21,22)12-3-4-12/h11-12H,2-10H2,1H3. The first kappa shape index (κ1) is 15.4. The fraction of sp³-hybridized carbons (Fsp3) is 0.867. The third-order valence-electron chi connectivity index (χ3n) is 5.85. The normalized spacial score (nSPS) is 33.6. The number of hydrogen-bond donors (Lipinski definition) is 0. The Labute approximate surface area is 136 Å². The van der Waals surface area contributed by atoms with Crippen LogP contribution in [0.4, 0.5) is 4.79 Å². The number of nitrogens with zero attached hydrogens (tertiary/aromatic N) is 3. The summed E-state index contributed by atoms with van der Waals surface area (Å²) in [5, 5.41) is -0.196. The van der Waals surface area contributed by atoms with Crippen molar-refractivity contribution in [1.82, 2.24) is 14.1 Å². The number of hydrogen-bond acceptors (Lipinski definition) is 4. The highest BCUT2D eigenvalue weighted by atomic mass is 32.2. The monoisotopic (exact) mass is 341 g/mol. The first-order chi connectivity index (χ1) is 10.9. The molecule has 3 saturated heterocycles. The number of urea groups is 1. The van der Waals surface area contributed by atoms with Crippen LogP contribution in [0.3, 0.4) is 0 Å². The summed E-state index contributed by atoms with van der Waals surface area (Å²) >= 11 is 0. The lowest BCUT2D eigenvalue weighted by atomic mass is 9.97. The van der Waals surface area contributed by atoms with Gasteiger partial charge in [0.2, 0.25) is 10.0 Å². The lowest BCUT2D eigenvalue weighted by molar-refractivity contribution is -0.133. The summed E-state index contributed by atoms with van der Waals surface area (Å²) in [6, 6.07) is -0.346. The van der Waals surface area contributed by atoms with Crippen LogP contribution in [0.5, 0.6) is 0 Å². The summed E-state index contributed by atoms with van der Waals surface area (Å²) < 4.78 is 26.1. The predicted octanol–water partition coefficient (Wildman–Crippen LogP) is 0.760. The number of carbonyl (C=O) groups excluding carboxylic acids is 2. The van der Waals surface area contributed by atoms with E-state index in [-0.39, 0.29) is 23.2 Å². The van der Waals surface area contributed by atoms with Crippen LogP contribution in [0, 0.1) is 0 Å². The zero-order chi connectivity index (χ0) is 16.4. The minimum absolute atomic E-state index is 0.0940. The summed E-state index contributed by atoms with van der Waals surface area (Å²) in [6.45, 7) is 3.33. The molecule has 0 aromatic heterocycles. The summed E-state index contributed by atoms with van der Waals surface area (Å²) in [4.78, 5) is 28.5. The Balaban J connectivity index is 1.47. The SMILES string of the molecule is CC12CCCN1C(=O)N(C1CCN(S(=O)(=O)C3CC3)CC1)C2=O. The van der Waals surface area contributed by atoms with E-state index >= 15 is 0 Å². The number of rotatable bonds is 3. The highest BCUT2D eigenvalue weighted by molar-refractivity contribution is 7.90. The second kappa shape index (κ2) is 4.92. The quantitative estimate of drug-likeness (QED) is 0.710. The first-order valence-corrected chi connectivity index (χ1v) is 10.0. The summed E-state index contributed by atoms with van der Waals surface area (Å²) in [6.07, 6.45) is 4.22. The molecule has 3 heterocycles. The van der Waals surface area contributed by atoms with Crippen LogP contribution in [0.15, 0.2) is 0 Å². The van der Waals surface area contributed by atoms with Crippen molar-refractivity contribution >= 4 is 22.0 Å². The molecule has 1 atom stereocenters. The molecule has 3 amide bonds. The van der Waals surface area contributed by atoms with Gasteiger partial charge in [0, 0.05) is 25.7 Å². The van der Waals surface area contributed by atoms with Gasteiger partial charge in [0.1, 0.15) is 5.54 Å². The Morgan fingerprint density at radius 2 is 1.70 bits per heavy atom. The lowest BCUT2D eigenvalue weighted by Gasteiger charge is -2.35. The highest BCUT2D eigenvalue weighted by Crippen LogP contribution is 2.40. The van der Waals surface area contributed by atoms with Crippen molar-refractivity contribution in [3.8, 4) is 0 Å². The molecule has 1 unspecified atom stereocenters. The van der Waals surface area contributed by atoms with Crippen LogP contribution in [-0.4, -0.2) is 70.9 Å². The Hall–Kier alpha value is -1.15. The van der Waals surface area contributed by atoms with E-state index in [1.807, 2.05) is 6.92 Å². The maximum absolute atomic E-state index is 12.7. The van der Waals surface area contributed by atoms with Gasteiger partial charge >= 0.3 is 6.03 Å². The number of piperidine rings is 1. The van der Waals surface area contributed by atoms with Crippen molar-refractivity contribution in [3.05, 3.63) is 0 Å². The van der Waals surface area contributed by atoms with Gasteiger partial charge in [-0.1, -0.05) is 0 Å². The Kier molecular flexibility index (Phi) is 3.29. The van der Waals surface area contributed by atoms with Crippen LogP contribution in [0.2, 0.25) is 0 Å². The summed E-state index contributed by atoms with van der Waals surface area (Å²) in [5.41, 5.74) is -0.672. The van der Waals surface area contributed by atoms with Crippen molar-refractivity contribution in [2.75, 3.05) is 19.6 Å². The van der Waals surface area contributed by atoms with Crippen LogP contribution < -0.4 is 0 Å². The molecule has 4 rings (SSSR count). The first-order valence-electron chi connectivity index (χ1n) is 8.50. The van der Waals surface area contributed by atoms with Crippen LogP contribution in [-0.2, 0) is 14.8 Å². The number of sulfonamides is 1. The second-order valence-corrected chi connectivity index (χ2v) is 9.57. The van der Waals surface area contributed by atoms with E-state index in [0.717, 1.165) is 25.7 Å². The molecule has 0 aromatic carbocycles. The van der Waals surface area contributed by atoms with E-state index in [0.29, 0.717) is 32.5 Å². The molecule has 7 nitrogen and oxygen atoms in total. The average Bonchev–Trinajstić information content (AvgIpc) is 3.28. The molecule has 1 saturated carbocycles. The van der Waals surface area contributed by atoms with E-state index in [1.54, 1.807) is 9.21 Å².